The second kappa shape index (κ2) is 4.35. The number of fused-ring (bicyclic) bond motifs is 1. The quantitative estimate of drug-likeness (QED) is 0.851. The average molecular weight is 217 g/mol. The molecule has 4 heteroatoms. The summed E-state index contributed by atoms with van der Waals surface area (Å²) in [7, 11) is 0. The van der Waals surface area contributed by atoms with Crippen LogP contribution in [0.3, 0.4) is 0 Å². The molecule has 16 heavy (non-hydrogen) atoms. The molecule has 0 saturated carbocycles. The summed E-state index contributed by atoms with van der Waals surface area (Å²) in [6.45, 7) is 4.67. The number of pyridine rings is 1. The Morgan fingerprint density at radius 3 is 3.06 bits per heavy atom. The third kappa shape index (κ3) is 1.78. The van der Waals surface area contributed by atoms with E-state index in [0.29, 0.717) is 12.1 Å². The van der Waals surface area contributed by atoms with Crippen LogP contribution < -0.4 is 5.32 Å². The minimum atomic E-state index is -0.0186. The van der Waals surface area contributed by atoms with Gasteiger partial charge in [-0.05, 0) is 25.5 Å². The molecule has 2 aromatic rings. The van der Waals surface area contributed by atoms with Crippen LogP contribution in [-0.2, 0) is 0 Å². The molecule has 1 amide bonds. The Hall–Kier alpha value is -1.84. The van der Waals surface area contributed by atoms with Crippen molar-refractivity contribution in [3.05, 3.63) is 35.9 Å². The lowest BCUT2D eigenvalue weighted by Crippen LogP contribution is -2.25. The number of carbonyl (C=O) groups excluding carboxylic acids is 1. The van der Waals surface area contributed by atoms with Gasteiger partial charge in [-0.3, -0.25) is 4.79 Å². The molecule has 2 rings (SSSR count). The topological polar surface area (TPSA) is 46.4 Å². The van der Waals surface area contributed by atoms with Gasteiger partial charge in [0.25, 0.3) is 5.91 Å². The molecule has 0 spiro atoms. The van der Waals surface area contributed by atoms with Gasteiger partial charge in [0.1, 0.15) is 0 Å². The van der Waals surface area contributed by atoms with E-state index in [4.69, 9.17) is 0 Å². The summed E-state index contributed by atoms with van der Waals surface area (Å²) in [5.74, 6) is -0.0186. The SMILES string of the molecule is CCCNC(=O)c1ccc2cncn2c1C. The molecular weight excluding hydrogens is 202 g/mol. The normalized spacial score (nSPS) is 10.6. The number of rotatable bonds is 3. The van der Waals surface area contributed by atoms with E-state index < -0.39 is 0 Å². The number of aryl methyl sites for hydroxylation is 1. The first-order chi connectivity index (χ1) is 7.74. The fraction of sp³-hybridized carbons (Fsp3) is 0.333. The van der Waals surface area contributed by atoms with Crippen LogP contribution in [0.1, 0.15) is 29.4 Å². The zero-order valence-corrected chi connectivity index (χ0v) is 9.53. The van der Waals surface area contributed by atoms with Crippen molar-refractivity contribution in [2.75, 3.05) is 6.54 Å². The lowest BCUT2D eigenvalue weighted by Gasteiger charge is -2.08. The van der Waals surface area contributed by atoms with Crippen LogP contribution in [0.2, 0.25) is 0 Å². The first-order valence-corrected chi connectivity index (χ1v) is 5.44. The van der Waals surface area contributed by atoms with E-state index in [9.17, 15) is 4.79 Å². The zero-order chi connectivity index (χ0) is 11.5. The molecule has 2 heterocycles. The maximum atomic E-state index is 11.8. The largest absolute Gasteiger partial charge is 0.352 e. The molecule has 0 aliphatic carbocycles. The molecular formula is C12H15N3O. The summed E-state index contributed by atoms with van der Waals surface area (Å²) in [6, 6.07) is 3.75. The van der Waals surface area contributed by atoms with Crippen LogP contribution in [0.5, 0.6) is 0 Å². The number of amides is 1. The molecule has 0 radical (unpaired) electrons. The molecule has 0 aliphatic rings. The van der Waals surface area contributed by atoms with Gasteiger partial charge < -0.3 is 9.72 Å². The molecule has 4 nitrogen and oxygen atoms in total. The van der Waals surface area contributed by atoms with Crippen molar-refractivity contribution in [1.82, 2.24) is 14.7 Å². The highest BCUT2D eigenvalue weighted by Gasteiger charge is 2.10. The van der Waals surface area contributed by atoms with E-state index in [1.807, 2.05) is 30.4 Å². The highest BCUT2D eigenvalue weighted by Crippen LogP contribution is 2.11. The molecule has 0 atom stereocenters. The van der Waals surface area contributed by atoms with Gasteiger partial charge in [0.15, 0.2) is 0 Å². The number of aromatic nitrogens is 2. The third-order valence-corrected chi connectivity index (χ3v) is 2.62. The Balaban J connectivity index is 2.37. The monoisotopic (exact) mass is 217 g/mol. The molecule has 0 saturated heterocycles. The first kappa shape index (κ1) is 10.7. The number of carbonyl (C=O) groups is 1. The van der Waals surface area contributed by atoms with Crippen molar-refractivity contribution in [1.29, 1.82) is 0 Å². The van der Waals surface area contributed by atoms with Gasteiger partial charge in [0, 0.05) is 12.2 Å². The van der Waals surface area contributed by atoms with Crippen molar-refractivity contribution in [3.8, 4) is 0 Å². The number of hydrogen-bond donors (Lipinski definition) is 1. The van der Waals surface area contributed by atoms with E-state index in [1.54, 1.807) is 12.5 Å². The summed E-state index contributed by atoms with van der Waals surface area (Å²) in [5.41, 5.74) is 2.63. The van der Waals surface area contributed by atoms with Gasteiger partial charge in [-0.1, -0.05) is 6.92 Å². The third-order valence-electron chi connectivity index (χ3n) is 2.62. The van der Waals surface area contributed by atoms with Gasteiger partial charge in [0.2, 0.25) is 0 Å². The second-order valence-electron chi connectivity index (χ2n) is 3.78. The summed E-state index contributed by atoms with van der Waals surface area (Å²) < 4.78 is 1.92. The van der Waals surface area contributed by atoms with Crippen LogP contribution >= 0.6 is 0 Å². The summed E-state index contributed by atoms with van der Waals surface area (Å²) >= 11 is 0. The average Bonchev–Trinajstić information content (AvgIpc) is 2.75. The van der Waals surface area contributed by atoms with Crippen LogP contribution in [-0.4, -0.2) is 21.8 Å². The molecule has 2 aromatic heterocycles. The van der Waals surface area contributed by atoms with E-state index in [1.165, 1.54) is 0 Å². The lowest BCUT2D eigenvalue weighted by atomic mass is 10.2. The van der Waals surface area contributed by atoms with E-state index in [2.05, 4.69) is 10.3 Å². The summed E-state index contributed by atoms with van der Waals surface area (Å²) in [4.78, 5) is 15.9. The Kier molecular flexibility index (Phi) is 2.90. The number of imidazole rings is 1. The Labute approximate surface area is 94.3 Å². The molecule has 0 fully saturated rings. The fourth-order valence-corrected chi connectivity index (χ4v) is 1.70. The number of nitrogens with zero attached hydrogens (tertiary/aromatic N) is 2. The molecule has 0 aliphatic heterocycles. The van der Waals surface area contributed by atoms with Crippen molar-refractivity contribution >= 4 is 11.4 Å². The minimum Gasteiger partial charge on any atom is -0.352 e. The summed E-state index contributed by atoms with van der Waals surface area (Å²) in [5, 5.41) is 2.87. The highest BCUT2D eigenvalue weighted by molar-refractivity contribution is 5.95. The van der Waals surface area contributed by atoms with E-state index >= 15 is 0 Å². The number of hydrogen-bond acceptors (Lipinski definition) is 2. The zero-order valence-electron chi connectivity index (χ0n) is 9.53. The molecule has 84 valence electrons. The van der Waals surface area contributed by atoms with Crippen molar-refractivity contribution in [3.63, 3.8) is 0 Å². The fourth-order valence-electron chi connectivity index (χ4n) is 1.70. The first-order valence-electron chi connectivity index (χ1n) is 5.44. The maximum Gasteiger partial charge on any atom is 0.253 e. The Morgan fingerprint density at radius 2 is 2.31 bits per heavy atom. The van der Waals surface area contributed by atoms with Gasteiger partial charge in [-0.15, -0.1) is 0 Å². The van der Waals surface area contributed by atoms with Gasteiger partial charge in [-0.2, -0.15) is 0 Å². The highest BCUT2D eigenvalue weighted by atomic mass is 16.1. The smallest absolute Gasteiger partial charge is 0.253 e. The maximum absolute atomic E-state index is 11.8. The Bertz CT molecular complexity index is 516. The van der Waals surface area contributed by atoms with Crippen LogP contribution in [0.4, 0.5) is 0 Å². The predicted octanol–water partition coefficient (Wildman–Crippen LogP) is 1.78. The molecule has 0 unspecified atom stereocenters. The van der Waals surface area contributed by atoms with E-state index in [0.717, 1.165) is 17.6 Å². The molecule has 0 aromatic carbocycles. The standard InChI is InChI=1S/C12H15N3O/c1-3-6-14-12(16)11-5-4-10-7-13-8-15(10)9(11)2/h4-5,7-8H,3,6H2,1-2H3,(H,14,16). The van der Waals surface area contributed by atoms with E-state index in [-0.39, 0.29) is 5.91 Å². The van der Waals surface area contributed by atoms with Crippen LogP contribution in [0, 0.1) is 6.92 Å². The predicted molar refractivity (Wildman–Crippen MR) is 62.6 cm³/mol. The van der Waals surface area contributed by atoms with Crippen LogP contribution in [0.15, 0.2) is 24.7 Å². The molecule has 1 N–H and O–H groups in total. The van der Waals surface area contributed by atoms with Crippen molar-refractivity contribution in [2.45, 2.75) is 20.3 Å². The van der Waals surface area contributed by atoms with Gasteiger partial charge >= 0.3 is 0 Å². The number of nitrogens with one attached hydrogen (secondary N) is 1. The van der Waals surface area contributed by atoms with Crippen LogP contribution in [0.25, 0.3) is 5.52 Å². The van der Waals surface area contributed by atoms with Gasteiger partial charge in [0.05, 0.1) is 23.6 Å². The lowest BCUT2D eigenvalue weighted by molar-refractivity contribution is 0.0952. The molecule has 0 bridgehead atoms. The summed E-state index contributed by atoms with van der Waals surface area (Å²) in [6.07, 6.45) is 4.44. The second-order valence-corrected chi connectivity index (χ2v) is 3.78. The minimum absolute atomic E-state index is 0.0186. The van der Waals surface area contributed by atoms with Crippen molar-refractivity contribution in [2.24, 2.45) is 0 Å². The Morgan fingerprint density at radius 1 is 1.50 bits per heavy atom. The van der Waals surface area contributed by atoms with Gasteiger partial charge in [-0.25, -0.2) is 4.98 Å². The van der Waals surface area contributed by atoms with Crippen molar-refractivity contribution < 1.29 is 4.79 Å².